The van der Waals surface area contributed by atoms with Crippen molar-refractivity contribution in [3.8, 4) is 0 Å². The average Bonchev–Trinajstić information content (AvgIpc) is 2.25. The summed E-state index contributed by atoms with van der Waals surface area (Å²) in [5, 5.41) is 24.3. The Morgan fingerprint density at radius 1 is 1.69 bits per heavy atom. The summed E-state index contributed by atoms with van der Waals surface area (Å²) >= 11 is 0. The molecule has 0 aromatic carbocycles. The predicted octanol–water partition coefficient (Wildman–Crippen LogP) is -0.0322. The highest BCUT2D eigenvalue weighted by molar-refractivity contribution is 5.99. The molecule has 0 spiro atoms. The van der Waals surface area contributed by atoms with Gasteiger partial charge in [-0.05, 0) is 19.4 Å². The van der Waals surface area contributed by atoms with Crippen molar-refractivity contribution >= 4 is 11.7 Å². The zero-order chi connectivity index (χ0) is 12.1. The van der Waals surface area contributed by atoms with Crippen LogP contribution < -0.4 is 10.6 Å². The van der Waals surface area contributed by atoms with Crippen molar-refractivity contribution in [2.45, 2.75) is 19.4 Å². The Kier molecular flexibility index (Phi) is 4.19. The maximum Gasteiger partial charge on any atom is 0.162 e. The molecule has 0 aliphatic rings. The largest absolute Gasteiger partial charge is 0.393 e. The molecule has 6 nitrogen and oxygen atoms in total. The molecule has 1 rings (SSSR count). The van der Waals surface area contributed by atoms with Crippen molar-refractivity contribution < 1.29 is 5.11 Å². The van der Waals surface area contributed by atoms with Crippen LogP contribution in [0.3, 0.4) is 0 Å². The molecule has 1 heterocycles. The Balaban J connectivity index is 2.82. The molecule has 0 aliphatic carbocycles. The van der Waals surface area contributed by atoms with Gasteiger partial charge in [0.1, 0.15) is 5.84 Å². The van der Waals surface area contributed by atoms with E-state index in [0.717, 1.165) is 0 Å². The number of amidine groups is 1. The van der Waals surface area contributed by atoms with E-state index in [4.69, 9.17) is 11.1 Å². The van der Waals surface area contributed by atoms with Crippen molar-refractivity contribution in [2.24, 2.45) is 5.73 Å². The third-order valence-corrected chi connectivity index (χ3v) is 2.24. The lowest BCUT2D eigenvalue weighted by Crippen LogP contribution is -2.26. The first kappa shape index (κ1) is 12.4. The summed E-state index contributed by atoms with van der Waals surface area (Å²) in [4.78, 5) is 1.83. The van der Waals surface area contributed by atoms with Crippen LogP contribution in [0.4, 0.5) is 5.82 Å². The highest BCUT2D eigenvalue weighted by Gasteiger charge is 2.11. The van der Waals surface area contributed by atoms with E-state index in [0.29, 0.717) is 24.3 Å². The van der Waals surface area contributed by atoms with Crippen molar-refractivity contribution in [2.75, 3.05) is 18.5 Å². The van der Waals surface area contributed by atoms with E-state index in [1.807, 2.05) is 11.9 Å². The lowest BCUT2D eigenvalue weighted by molar-refractivity contribution is 0.187. The highest BCUT2D eigenvalue weighted by atomic mass is 16.3. The molecular weight excluding hydrogens is 206 g/mol. The molecule has 0 amide bonds. The minimum Gasteiger partial charge on any atom is -0.393 e. The quantitative estimate of drug-likeness (QED) is 0.481. The first-order valence-corrected chi connectivity index (χ1v) is 5.07. The zero-order valence-electron chi connectivity index (χ0n) is 9.51. The van der Waals surface area contributed by atoms with Crippen LogP contribution in [-0.4, -0.2) is 40.8 Å². The van der Waals surface area contributed by atoms with Crippen LogP contribution in [0, 0.1) is 5.41 Å². The van der Waals surface area contributed by atoms with Gasteiger partial charge in [-0.2, -0.15) is 5.10 Å². The molecule has 0 saturated carbocycles. The molecule has 1 atom stereocenters. The summed E-state index contributed by atoms with van der Waals surface area (Å²) in [5.74, 6) is 0.532. The molecule has 0 aliphatic heterocycles. The van der Waals surface area contributed by atoms with Crippen LogP contribution in [0.1, 0.15) is 18.9 Å². The van der Waals surface area contributed by atoms with E-state index in [-0.39, 0.29) is 11.9 Å². The van der Waals surface area contributed by atoms with Gasteiger partial charge in [-0.15, -0.1) is 5.10 Å². The van der Waals surface area contributed by atoms with Gasteiger partial charge in [0.15, 0.2) is 5.82 Å². The fourth-order valence-corrected chi connectivity index (χ4v) is 1.30. The third kappa shape index (κ3) is 3.16. The topological polar surface area (TPSA) is 99.1 Å². The number of aliphatic hydroxyl groups is 1. The van der Waals surface area contributed by atoms with Gasteiger partial charge in [0.25, 0.3) is 0 Å². The summed E-state index contributed by atoms with van der Waals surface area (Å²) in [6, 6.07) is 1.66. The maximum atomic E-state index is 9.20. The Hall–Kier alpha value is -1.69. The van der Waals surface area contributed by atoms with Crippen molar-refractivity contribution in [1.29, 1.82) is 5.41 Å². The number of hydrogen-bond donors (Lipinski definition) is 3. The van der Waals surface area contributed by atoms with Gasteiger partial charge in [-0.3, -0.25) is 5.41 Å². The summed E-state index contributed by atoms with van der Waals surface area (Å²) < 4.78 is 0. The van der Waals surface area contributed by atoms with Crippen molar-refractivity contribution in [3.63, 3.8) is 0 Å². The molecule has 0 saturated heterocycles. The van der Waals surface area contributed by atoms with E-state index in [1.54, 1.807) is 13.0 Å². The molecule has 0 radical (unpaired) electrons. The summed E-state index contributed by atoms with van der Waals surface area (Å²) in [7, 11) is 1.83. The maximum absolute atomic E-state index is 9.20. The Labute approximate surface area is 94.6 Å². The first-order valence-electron chi connectivity index (χ1n) is 5.07. The molecular formula is C10H17N5O. The fourth-order valence-electron chi connectivity index (χ4n) is 1.30. The second-order valence-electron chi connectivity index (χ2n) is 3.74. The van der Waals surface area contributed by atoms with E-state index in [9.17, 15) is 5.11 Å². The number of nitrogens with two attached hydrogens (primary N) is 1. The Morgan fingerprint density at radius 3 is 2.94 bits per heavy atom. The van der Waals surface area contributed by atoms with Crippen LogP contribution >= 0.6 is 0 Å². The van der Waals surface area contributed by atoms with Gasteiger partial charge in [-0.1, -0.05) is 0 Å². The van der Waals surface area contributed by atoms with Crippen LogP contribution in [0.25, 0.3) is 0 Å². The van der Waals surface area contributed by atoms with E-state index in [2.05, 4.69) is 10.2 Å². The molecule has 0 bridgehead atoms. The zero-order valence-corrected chi connectivity index (χ0v) is 9.51. The highest BCUT2D eigenvalue weighted by Crippen LogP contribution is 2.14. The minimum atomic E-state index is -0.361. The number of nitrogens with zero attached hydrogens (tertiary/aromatic N) is 3. The van der Waals surface area contributed by atoms with E-state index < -0.39 is 0 Å². The normalized spacial score (nSPS) is 12.2. The summed E-state index contributed by atoms with van der Waals surface area (Å²) in [6.45, 7) is 2.37. The lowest BCUT2D eigenvalue weighted by Gasteiger charge is -2.20. The first-order chi connectivity index (χ1) is 7.52. The number of aromatic nitrogens is 2. The van der Waals surface area contributed by atoms with E-state index >= 15 is 0 Å². The standard InChI is InChI=1S/C10H17N5O/c1-7(16)4-6-15(2)10-8(9(11)12)3-5-13-14-10/h3,5,7,16H,4,6H2,1-2H3,(H3,11,12). The van der Waals surface area contributed by atoms with Crippen LogP contribution in [0.2, 0.25) is 0 Å². The second kappa shape index (κ2) is 5.41. The van der Waals surface area contributed by atoms with Gasteiger partial charge in [0.2, 0.25) is 0 Å². The fraction of sp³-hybridized carbons (Fsp3) is 0.500. The third-order valence-electron chi connectivity index (χ3n) is 2.24. The Morgan fingerprint density at radius 2 is 2.38 bits per heavy atom. The summed E-state index contributed by atoms with van der Waals surface area (Å²) in [5.41, 5.74) is 6.01. The SMILES string of the molecule is CC(O)CCN(C)c1nnccc1C(=N)N. The smallest absolute Gasteiger partial charge is 0.162 e. The van der Waals surface area contributed by atoms with Gasteiger partial charge in [-0.25, -0.2) is 0 Å². The molecule has 88 valence electrons. The van der Waals surface area contributed by atoms with E-state index in [1.165, 1.54) is 6.20 Å². The lowest BCUT2D eigenvalue weighted by atomic mass is 10.2. The van der Waals surface area contributed by atoms with Crippen LogP contribution in [-0.2, 0) is 0 Å². The van der Waals surface area contributed by atoms with Crippen molar-refractivity contribution in [3.05, 3.63) is 17.8 Å². The van der Waals surface area contributed by atoms with Crippen LogP contribution in [0.5, 0.6) is 0 Å². The second-order valence-corrected chi connectivity index (χ2v) is 3.74. The average molecular weight is 223 g/mol. The molecule has 0 fully saturated rings. The van der Waals surface area contributed by atoms with Gasteiger partial charge in [0, 0.05) is 13.6 Å². The molecule has 16 heavy (non-hydrogen) atoms. The molecule has 1 aromatic rings. The number of rotatable bonds is 5. The van der Waals surface area contributed by atoms with Gasteiger partial charge < -0.3 is 15.7 Å². The van der Waals surface area contributed by atoms with Crippen LogP contribution in [0.15, 0.2) is 12.3 Å². The van der Waals surface area contributed by atoms with Gasteiger partial charge in [0.05, 0.1) is 17.9 Å². The number of hydrogen-bond acceptors (Lipinski definition) is 5. The number of aliphatic hydroxyl groups excluding tert-OH is 1. The molecule has 1 unspecified atom stereocenters. The number of nitrogen functional groups attached to an aromatic ring is 1. The number of anilines is 1. The Bertz CT molecular complexity index is 366. The number of nitrogens with one attached hydrogen (secondary N) is 1. The predicted molar refractivity (Wildman–Crippen MR) is 62.6 cm³/mol. The van der Waals surface area contributed by atoms with Crippen molar-refractivity contribution in [1.82, 2.24) is 10.2 Å². The monoisotopic (exact) mass is 223 g/mol. The molecule has 6 heteroatoms. The molecule has 4 N–H and O–H groups in total. The minimum absolute atomic E-state index is 0.0335. The van der Waals surface area contributed by atoms with Gasteiger partial charge >= 0.3 is 0 Å². The molecule has 1 aromatic heterocycles. The summed E-state index contributed by atoms with van der Waals surface area (Å²) in [6.07, 6.45) is 1.77.